The molecule has 134 valence electrons. The molecule has 0 amide bonds. The van der Waals surface area contributed by atoms with Crippen LogP contribution in [0.25, 0.3) is 0 Å². The molecule has 1 aromatic heterocycles. The molecular weight excluding hydrogens is 347 g/mol. The zero-order valence-corrected chi connectivity index (χ0v) is 13.2. The highest BCUT2D eigenvalue weighted by molar-refractivity contribution is 7.47. The summed E-state index contributed by atoms with van der Waals surface area (Å²) in [6.07, 6.45) is -3.17. The SMILES string of the molecule is C=CCOP(=O)(O)OC[C@H]1O[C@@H](n2ccc(=O)[nH]c2=O)[C@H](O)[C@@H]1O. The summed E-state index contributed by atoms with van der Waals surface area (Å²) in [7, 11) is -4.38. The van der Waals surface area contributed by atoms with Crippen molar-refractivity contribution in [3.8, 4) is 0 Å². The standard InChI is InChI=1S/C12H17N2O9P/c1-2-5-21-24(19,20)22-6-7-9(16)10(17)11(23-7)14-4-3-8(15)13-12(14)18/h2-4,7,9-11,16-17H,1,5-6H2,(H,19,20)(H,13,15,18)/t7-,9-,10-,11-/m1/s1. The average Bonchev–Trinajstić information content (AvgIpc) is 2.79. The second-order valence-corrected chi connectivity index (χ2v) is 6.37. The summed E-state index contributed by atoms with van der Waals surface area (Å²) in [5, 5.41) is 19.9. The molecule has 2 heterocycles. The third kappa shape index (κ3) is 4.28. The molecular formula is C12H17N2O9P. The highest BCUT2D eigenvalue weighted by Gasteiger charge is 2.45. The summed E-state index contributed by atoms with van der Waals surface area (Å²) in [5.74, 6) is 0. The number of nitrogens with zero attached hydrogens (tertiary/aromatic N) is 1. The lowest BCUT2D eigenvalue weighted by molar-refractivity contribution is -0.0550. The predicted molar refractivity (Wildman–Crippen MR) is 79.2 cm³/mol. The van der Waals surface area contributed by atoms with Crippen LogP contribution >= 0.6 is 7.82 Å². The lowest BCUT2D eigenvalue weighted by Crippen LogP contribution is -2.37. The smallest absolute Gasteiger partial charge is 0.387 e. The molecule has 11 nitrogen and oxygen atoms in total. The van der Waals surface area contributed by atoms with E-state index in [0.29, 0.717) is 0 Å². The summed E-state index contributed by atoms with van der Waals surface area (Å²) >= 11 is 0. The average molecular weight is 364 g/mol. The van der Waals surface area contributed by atoms with E-state index in [9.17, 15) is 29.3 Å². The van der Waals surface area contributed by atoms with Gasteiger partial charge in [0.25, 0.3) is 5.56 Å². The van der Waals surface area contributed by atoms with E-state index in [-0.39, 0.29) is 6.61 Å². The largest absolute Gasteiger partial charge is 0.472 e. The molecule has 0 saturated carbocycles. The molecule has 1 unspecified atom stereocenters. The number of rotatable bonds is 7. The summed E-state index contributed by atoms with van der Waals surface area (Å²) in [4.78, 5) is 34.1. The molecule has 5 atom stereocenters. The van der Waals surface area contributed by atoms with Gasteiger partial charge in [0.15, 0.2) is 6.23 Å². The molecule has 24 heavy (non-hydrogen) atoms. The first kappa shape index (κ1) is 18.7. The Morgan fingerprint density at radius 2 is 2.08 bits per heavy atom. The topological polar surface area (TPSA) is 160 Å². The molecule has 1 aliphatic rings. The van der Waals surface area contributed by atoms with Crippen molar-refractivity contribution in [2.24, 2.45) is 0 Å². The van der Waals surface area contributed by atoms with Crippen molar-refractivity contribution in [3.63, 3.8) is 0 Å². The second kappa shape index (κ2) is 7.53. The van der Waals surface area contributed by atoms with Gasteiger partial charge in [-0.3, -0.25) is 23.4 Å². The molecule has 0 aromatic carbocycles. The van der Waals surface area contributed by atoms with E-state index >= 15 is 0 Å². The summed E-state index contributed by atoms with van der Waals surface area (Å²) < 4.78 is 26.9. The molecule has 4 N–H and O–H groups in total. The van der Waals surface area contributed by atoms with Crippen LogP contribution in [0, 0.1) is 0 Å². The van der Waals surface area contributed by atoms with Gasteiger partial charge in [0.05, 0.1) is 13.2 Å². The van der Waals surface area contributed by atoms with E-state index in [1.165, 1.54) is 6.08 Å². The number of hydrogen-bond acceptors (Lipinski definition) is 8. The van der Waals surface area contributed by atoms with Gasteiger partial charge in [-0.15, -0.1) is 6.58 Å². The van der Waals surface area contributed by atoms with E-state index in [1.54, 1.807) is 0 Å². The van der Waals surface area contributed by atoms with Crippen LogP contribution in [-0.2, 0) is 18.3 Å². The number of aromatic nitrogens is 2. The molecule has 12 heteroatoms. The van der Waals surface area contributed by atoms with Crippen LogP contribution in [0.2, 0.25) is 0 Å². The van der Waals surface area contributed by atoms with Gasteiger partial charge in [-0.25, -0.2) is 9.36 Å². The lowest BCUT2D eigenvalue weighted by atomic mass is 10.1. The number of nitrogens with one attached hydrogen (secondary N) is 1. The second-order valence-electron chi connectivity index (χ2n) is 4.91. The van der Waals surface area contributed by atoms with Crippen molar-refractivity contribution in [2.75, 3.05) is 13.2 Å². The Kier molecular flexibility index (Phi) is 5.88. The number of phosphoric ester groups is 1. The maximum absolute atomic E-state index is 11.7. The fraction of sp³-hybridized carbons (Fsp3) is 0.500. The normalized spacial score (nSPS) is 29.3. The van der Waals surface area contributed by atoms with Crippen molar-refractivity contribution < 1.29 is 33.5 Å². The van der Waals surface area contributed by atoms with Crippen molar-refractivity contribution in [1.82, 2.24) is 9.55 Å². The Morgan fingerprint density at radius 3 is 2.71 bits per heavy atom. The summed E-state index contributed by atoms with van der Waals surface area (Å²) in [5.41, 5.74) is -1.48. The van der Waals surface area contributed by atoms with E-state index in [1.807, 2.05) is 4.98 Å². The van der Waals surface area contributed by atoms with Gasteiger partial charge in [0.1, 0.15) is 18.3 Å². The van der Waals surface area contributed by atoms with E-state index in [4.69, 9.17) is 4.74 Å². The maximum atomic E-state index is 11.7. The third-order valence-electron chi connectivity index (χ3n) is 3.22. The number of aliphatic hydroxyl groups excluding tert-OH is 2. The Morgan fingerprint density at radius 1 is 1.38 bits per heavy atom. The van der Waals surface area contributed by atoms with Gasteiger partial charge < -0.3 is 19.8 Å². The Bertz CT molecular complexity index is 745. The molecule has 0 bridgehead atoms. The van der Waals surface area contributed by atoms with E-state index in [2.05, 4.69) is 15.6 Å². The highest BCUT2D eigenvalue weighted by Crippen LogP contribution is 2.44. The van der Waals surface area contributed by atoms with Gasteiger partial charge in [-0.2, -0.15) is 0 Å². The van der Waals surface area contributed by atoms with Crippen molar-refractivity contribution in [1.29, 1.82) is 0 Å². The van der Waals surface area contributed by atoms with Crippen LogP contribution in [0.4, 0.5) is 0 Å². The molecule has 1 fully saturated rings. The molecule has 1 aromatic rings. The number of ether oxygens (including phenoxy) is 1. The number of phosphoric acid groups is 1. The number of aliphatic hydroxyl groups is 2. The summed E-state index contributed by atoms with van der Waals surface area (Å²) in [6, 6.07) is 1.04. The van der Waals surface area contributed by atoms with Gasteiger partial charge in [0.2, 0.25) is 0 Å². The van der Waals surface area contributed by atoms with Crippen molar-refractivity contribution in [2.45, 2.75) is 24.5 Å². The quantitative estimate of drug-likeness (QED) is 0.332. The Labute approximate surface area is 135 Å². The first-order valence-corrected chi connectivity index (χ1v) is 8.30. The maximum Gasteiger partial charge on any atom is 0.472 e. The fourth-order valence-corrected chi connectivity index (χ4v) is 2.78. The lowest BCUT2D eigenvalue weighted by Gasteiger charge is -2.17. The van der Waals surface area contributed by atoms with Crippen molar-refractivity contribution in [3.05, 3.63) is 45.8 Å². The Hall–Kier alpha value is -1.59. The van der Waals surface area contributed by atoms with Crippen LogP contribution in [0.3, 0.4) is 0 Å². The molecule has 0 spiro atoms. The van der Waals surface area contributed by atoms with Crippen LogP contribution in [0.15, 0.2) is 34.5 Å². The number of hydrogen-bond donors (Lipinski definition) is 4. The van der Waals surface area contributed by atoms with Gasteiger partial charge in [-0.1, -0.05) is 6.08 Å². The highest BCUT2D eigenvalue weighted by atomic mass is 31.2. The Balaban J connectivity index is 2.07. The third-order valence-corrected chi connectivity index (χ3v) is 4.17. The molecule has 1 aliphatic heterocycles. The van der Waals surface area contributed by atoms with E-state index in [0.717, 1.165) is 16.8 Å². The predicted octanol–water partition coefficient (Wildman–Crippen LogP) is -1.52. The molecule has 1 saturated heterocycles. The van der Waals surface area contributed by atoms with Gasteiger partial charge in [-0.05, 0) is 0 Å². The van der Waals surface area contributed by atoms with E-state index < -0.39 is 50.2 Å². The zero-order valence-electron chi connectivity index (χ0n) is 12.3. The van der Waals surface area contributed by atoms with Crippen molar-refractivity contribution >= 4 is 7.82 Å². The first-order chi connectivity index (χ1) is 11.2. The molecule has 0 aliphatic carbocycles. The zero-order chi connectivity index (χ0) is 17.9. The summed E-state index contributed by atoms with van der Waals surface area (Å²) in [6.45, 7) is 2.52. The number of aromatic amines is 1. The van der Waals surface area contributed by atoms with Crippen LogP contribution in [0.1, 0.15) is 6.23 Å². The van der Waals surface area contributed by atoms with Gasteiger partial charge in [0, 0.05) is 12.3 Å². The number of H-pyrrole nitrogens is 1. The minimum absolute atomic E-state index is 0.222. The first-order valence-electron chi connectivity index (χ1n) is 6.81. The molecule has 2 rings (SSSR count). The molecule has 0 radical (unpaired) electrons. The monoisotopic (exact) mass is 364 g/mol. The van der Waals surface area contributed by atoms with Gasteiger partial charge >= 0.3 is 13.5 Å². The minimum atomic E-state index is -4.38. The fourth-order valence-electron chi connectivity index (χ4n) is 2.08. The van der Waals surface area contributed by atoms with Crippen LogP contribution in [-0.4, -0.2) is 56.2 Å². The minimum Gasteiger partial charge on any atom is -0.387 e. The van der Waals surface area contributed by atoms with Crippen LogP contribution < -0.4 is 11.2 Å². The van der Waals surface area contributed by atoms with Crippen LogP contribution in [0.5, 0.6) is 0 Å².